The van der Waals surface area contributed by atoms with Gasteiger partial charge in [-0.2, -0.15) is 13.2 Å². The number of nitrogens with one attached hydrogen (secondary N) is 1. The number of hydrogen-bond acceptors (Lipinski definition) is 3. The molecule has 1 saturated heterocycles. The average Bonchev–Trinajstić information content (AvgIpc) is 2.93. The van der Waals surface area contributed by atoms with E-state index in [1.165, 1.54) is 10.6 Å². The van der Waals surface area contributed by atoms with Gasteiger partial charge in [-0.15, -0.1) is 0 Å². The fourth-order valence-corrected chi connectivity index (χ4v) is 2.98. The number of hydrogen-bond donors (Lipinski definition) is 1. The van der Waals surface area contributed by atoms with Gasteiger partial charge in [-0.05, 0) is 19.4 Å². The molecule has 1 aliphatic rings. The minimum Gasteiger partial charge on any atom is -0.297 e. The highest BCUT2D eigenvalue weighted by Gasteiger charge is 2.32. The number of fused-ring (bicyclic) bond motifs is 1. The van der Waals surface area contributed by atoms with Gasteiger partial charge < -0.3 is 0 Å². The minimum absolute atomic E-state index is 0.0532. The second-order valence-corrected chi connectivity index (χ2v) is 5.59. The topological polar surface area (TPSA) is 53.4 Å². The average molecular weight is 314 g/mol. The largest absolute Gasteiger partial charge is 0.390 e. The standard InChI is InChI=1S/C14H17F3N4O/c15-14(16,17)5-8-20-7-2-1-3-11(20)10-9-13(22)21-12(19-10)4-6-18-21/h4,6,9,11,18H,1-3,5,7-8H2/t11-/m1/s1. The molecule has 8 heteroatoms. The first-order valence-corrected chi connectivity index (χ1v) is 7.32. The molecular weight excluding hydrogens is 297 g/mol. The summed E-state index contributed by atoms with van der Waals surface area (Å²) in [6, 6.07) is 2.87. The van der Waals surface area contributed by atoms with Crippen LogP contribution in [0.2, 0.25) is 0 Å². The second-order valence-electron chi connectivity index (χ2n) is 5.59. The Balaban J connectivity index is 1.86. The lowest BCUT2D eigenvalue weighted by Crippen LogP contribution is -2.37. The van der Waals surface area contributed by atoms with Crippen LogP contribution < -0.4 is 5.56 Å². The van der Waals surface area contributed by atoms with Crippen molar-refractivity contribution in [3.63, 3.8) is 0 Å². The van der Waals surface area contributed by atoms with E-state index in [2.05, 4.69) is 10.1 Å². The predicted octanol–water partition coefficient (Wildman–Crippen LogP) is 2.50. The van der Waals surface area contributed by atoms with E-state index in [-0.39, 0.29) is 18.1 Å². The van der Waals surface area contributed by atoms with E-state index < -0.39 is 12.6 Å². The van der Waals surface area contributed by atoms with E-state index in [0.29, 0.717) is 17.9 Å². The number of alkyl halides is 3. The molecule has 1 fully saturated rings. The smallest absolute Gasteiger partial charge is 0.297 e. The molecule has 0 unspecified atom stereocenters. The highest BCUT2D eigenvalue weighted by Crippen LogP contribution is 2.31. The van der Waals surface area contributed by atoms with Gasteiger partial charge in [0, 0.05) is 24.9 Å². The molecule has 0 aromatic carbocycles. The molecule has 5 nitrogen and oxygen atoms in total. The van der Waals surface area contributed by atoms with Gasteiger partial charge in [0.05, 0.1) is 18.2 Å². The highest BCUT2D eigenvalue weighted by molar-refractivity contribution is 5.37. The van der Waals surface area contributed by atoms with Crippen molar-refractivity contribution in [1.82, 2.24) is 19.5 Å². The van der Waals surface area contributed by atoms with Crippen molar-refractivity contribution < 1.29 is 13.2 Å². The Morgan fingerprint density at radius 1 is 1.36 bits per heavy atom. The van der Waals surface area contributed by atoms with Gasteiger partial charge in [-0.25, -0.2) is 9.50 Å². The summed E-state index contributed by atoms with van der Waals surface area (Å²) in [5.74, 6) is 0. The first-order chi connectivity index (χ1) is 10.4. The molecule has 3 rings (SSSR count). The number of likely N-dealkylation sites (tertiary alicyclic amines) is 1. The summed E-state index contributed by atoms with van der Waals surface area (Å²) in [6.45, 7) is 0.553. The Labute approximate surface area is 124 Å². The summed E-state index contributed by atoms with van der Waals surface area (Å²) >= 11 is 0. The molecule has 2 aromatic rings. The summed E-state index contributed by atoms with van der Waals surface area (Å²) in [6.07, 6.45) is -0.865. The zero-order valence-corrected chi connectivity index (χ0v) is 11.9. The van der Waals surface area contributed by atoms with Crippen LogP contribution in [0.5, 0.6) is 0 Å². The normalized spacial score (nSPS) is 20.6. The van der Waals surface area contributed by atoms with Crippen molar-refractivity contribution in [2.24, 2.45) is 0 Å². The maximum absolute atomic E-state index is 12.5. The molecule has 1 atom stereocenters. The van der Waals surface area contributed by atoms with Crippen molar-refractivity contribution in [1.29, 1.82) is 0 Å². The first-order valence-electron chi connectivity index (χ1n) is 7.32. The van der Waals surface area contributed by atoms with Crippen LogP contribution in [-0.4, -0.2) is 38.8 Å². The number of piperidine rings is 1. The second kappa shape index (κ2) is 5.75. The van der Waals surface area contributed by atoms with Crippen LogP contribution in [-0.2, 0) is 0 Å². The van der Waals surface area contributed by atoms with E-state index in [1.807, 2.05) is 0 Å². The number of aromatic amines is 1. The van der Waals surface area contributed by atoms with Crippen molar-refractivity contribution in [2.45, 2.75) is 37.9 Å². The van der Waals surface area contributed by atoms with E-state index in [0.717, 1.165) is 19.3 Å². The number of H-pyrrole nitrogens is 1. The van der Waals surface area contributed by atoms with Crippen LogP contribution in [0.25, 0.3) is 5.65 Å². The summed E-state index contributed by atoms with van der Waals surface area (Å²) in [5, 5.41) is 2.75. The molecule has 0 bridgehead atoms. The summed E-state index contributed by atoms with van der Waals surface area (Å²) in [5.41, 5.74) is 0.807. The van der Waals surface area contributed by atoms with E-state index in [1.54, 1.807) is 17.2 Å². The monoisotopic (exact) mass is 314 g/mol. The maximum Gasteiger partial charge on any atom is 0.390 e. The third kappa shape index (κ3) is 3.16. The maximum atomic E-state index is 12.5. The first kappa shape index (κ1) is 15.1. The van der Waals surface area contributed by atoms with Crippen LogP contribution in [0.15, 0.2) is 23.1 Å². The lowest BCUT2D eigenvalue weighted by molar-refractivity contribution is -0.140. The van der Waals surface area contributed by atoms with Crippen LogP contribution in [0.3, 0.4) is 0 Å². The minimum atomic E-state index is -4.17. The Kier molecular flexibility index (Phi) is 3.94. The molecule has 0 radical (unpaired) electrons. The third-order valence-corrected chi connectivity index (χ3v) is 4.04. The number of nitrogens with zero attached hydrogens (tertiary/aromatic N) is 3. The van der Waals surface area contributed by atoms with Crippen LogP contribution >= 0.6 is 0 Å². The van der Waals surface area contributed by atoms with Gasteiger partial charge in [-0.1, -0.05) is 6.42 Å². The highest BCUT2D eigenvalue weighted by atomic mass is 19.4. The molecule has 0 saturated carbocycles. The number of halogens is 3. The van der Waals surface area contributed by atoms with Crippen LogP contribution in [0.4, 0.5) is 13.2 Å². The third-order valence-electron chi connectivity index (χ3n) is 4.04. The van der Waals surface area contributed by atoms with Crippen molar-refractivity contribution in [3.05, 3.63) is 34.4 Å². The van der Waals surface area contributed by atoms with E-state index >= 15 is 0 Å². The van der Waals surface area contributed by atoms with E-state index in [4.69, 9.17) is 0 Å². The van der Waals surface area contributed by atoms with Gasteiger partial charge in [-0.3, -0.25) is 14.8 Å². The molecule has 2 aromatic heterocycles. The summed E-state index contributed by atoms with van der Waals surface area (Å²) in [7, 11) is 0. The Morgan fingerprint density at radius 3 is 2.95 bits per heavy atom. The van der Waals surface area contributed by atoms with Crippen LogP contribution in [0, 0.1) is 0 Å². The number of rotatable bonds is 3. The lowest BCUT2D eigenvalue weighted by Gasteiger charge is -2.35. The van der Waals surface area contributed by atoms with E-state index in [9.17, 15) is 18.0 Å². The summed E-state index contributed by atoms with van der Waals surface area (Å²) < 4.78 is 38.7. The van der Waals surface area contributed by atoms with Crippen molar-refractivity contribution >= 4 is 5.65 Å². The SMILES string of the molecule is O=c1cc([C@H]2CCCCN2CCC(F)(F)F)nc2cc[nH]n12. The molecule has 0 spiro atoms. The molecule has 3 heterocycles. The van der Waals surface area contributed by atoms with Gasteiger partial charge in [0.25, 0.3) is 5.56 Å². The predicted molar refractivity (Wildman–Crippen MR) is 74.6 cm³/mol. The van der Waals surface area contributed by atoms with Gasteiger partial charge >= 0.3 is 6.18 Å². The number of aromatic nitrogens is 3. The Morgan fingerprint density at radius 2 is 2.18 bits per heavy atom. The van der Waals surface area contributed by atoms with Crippen molar-refractivity contribution in [2.75, 3.05) is 13.1 Å². The molecule has 120 valence electrons. The Hall–Kier alpha value is -1.83. The molecular formula is C14H17F3N4O. The molecule has 0 amide bonds. The molecule has 0 aliphatic carbocycles. The van der Waals surface area contributed by atoms with Gasteiger partial charge in [0.1, 0.15) is 0 Å². The zero-order valence-electron chi connectivity index (χ0n) is 11.9. The zero-order chi connectivity index (χ0) is 15.7. The fraction of sp³-hybridized carbons (Fsp3) is 0.571. The quantitative estimate of drug-likeness (QED) is 0.947. The van der Waals surface area contributed by atoms with Crippen LogP contribution in [0.1, 0.15) is 37.4 Å². The summed E-state index contributed by atoms with van der Waals surface area (Å²) in [4.78, 5) is 18.2. The fourth-order valence-electron chi connectivity index (χ4n) is 2.98. The lowest BCUT2D eigenvalue weighted by atomic mass is 9.99. The van der Waals surface area contributed by atoms with Gasteiger partial charge in [0.15, 0.2) is 5.65 Å². The molecule has 1 aliphatic heterocycles. The van der Waals surface area contributed by atoms with Gasteiger partial charge in [0.2, 0.25) is 0 Å². The van der Waals surface area contributed by atoms with Crippen molar-refractivity contribution in [3.8, 4) is 0 Å². The molecule has 1 N–H and O–H groups in total. The molecule has 22 heavy (non-hydrogen) atoms. The Bertz CT molecular complexity index is 706.